The van der Waals surface area contributed by atoms with Crippen molar-refractivity contribution in [1.29, 1.82) is 5.26 Å². The van der Waals surface area contributed by atoms with E-state index in [2.05, 4.69) is 50.8 Å². The molecule has 0 atom stereocenters. The normalized spacial score (nSPS) is 13.3. The van der Waals surface area contributed by atoms with Crippen LogP contribution in [0.5, 0.6) is 5.75 Å². The molecular weight excluding hydrogens is 1750 g/mol. The Morgan fingerprint density at radius 3 is 1.61 bits per heavy atom. The van der Waals surface area contributed by atoms with Crippen LogP contribution in [0.4, 0.5) is 11.8 Å². The molecule has 0 spiro atoms. The zero-order valence-corrected chi connectivity index (χ0v) is 74.5. The summed E-state index contributed by atoms with van der Waals surface area (Å²) in [5, 5.41) is 39.3. The highest BCUT2D eigenvalue weighted by molar-refractivity contribution is 6.54. The summed E-state index contributed by atoms with van der Waals surface area (Å²) >= 11 is 25.1. The first-order valence-electron chi connectivity index (χ1n) is 42.2. The minimum absolute atomic E-state index is 0.130. The predicted octanol–water partition coefficient (Wildman–Crippen LogP) is 18.7. The van der Waals surface area contributed by atoms with E-state index in [0.29, 0.717) is 143 Å². The number of ketones is 6. The van der Waals surface area contributed by atoms with Crippen molar-refractivity contribution in [2.75, 3.05) is 30.8 Å². The zero-order chi connectivity index (χ0) is 91.4. The Hall–Kier alpha value is -15.7. The average Bonchev–Trinajstić information content (AvgIpc) is 1.59. The SMILES string of the molecule is COc1ccccc1C1=C(c2cn(-c3cccnc3)c3ccccc23)C(=O)CC1=O.Cc1cnc(-c2cnc(NCCNc3ccc(C#N)cn3)nc2-c2ccc(Cl)cc2Cl)[nH]1.Cn1cc(C2=C(c3nn(CCCn4ccnc4)c4ccccc34)C(=O)CC2=O)c2cc(Cl)ccc21.Cn1cc(C2=C(c3nn(CCCn4ccnn4)c4ccccc34)C(=O)CC2=O)c2cc(Cl)ccc21. The maximum absolute atomic E-state index is 13.2. The highest BCUT2D eigenvalue weighted by Gasteiger charge is 2.40. The molecule has 3 N–H and O–H groups in total. The van der Waals surface area contributed by atoms with E-state index >= 15 is 0 Å². The number of allylic oxidation sites excluding steroid dienone is 6. The number of pyridine rings is 2. The number of halogens is 4. The fraction of sp³-hybridized carbons (Fsp3) is 0.150. The van der Waals surface area contributed by atoms with Crippen LogP contribution < -0.4 is 15.4 Å². The van der Waals surface area contributed by atoms with Gasteiger partial charge in [0.1, 0.15) is 34.8 Å². The van der Waals surface area contributed by atoms with E-state index in [1.807, 2.05) is 231 Å². The van der Waals surface area contributed by atoms with E-state index in [1.54, 1.807) is 85.6 Å². The number of fused-ring (bicyclic) bond motifs is 5. The van der Waals surface area contributed by atoms with Crippen molar-refractivity contribution in [3.8, 4) is 40.2 Å². The second-order valence-corrected chi connectivity index (χ2v) is 33.3. The average molecular weight is 1830 g/mol. The topological polar surface area (TPSA) is 339 Å². The van der Waals surface area contributed by atoms with Crippen molar-refractivity contribution in [3.63, 3.8) is 0 Å². The van der Waals surface area contributed by atoms with Crippen LogP contribution in [0.25, 0.3) is 116 Å². The van der Waals surface area contributed by atoms with Gasteiger partial charge in [-0.3, -0.25) is 47.8 Å². The summed E-state index contributed by atoms with van der Waals surface area (Å²) in [7, 11) is 5.40. The number of nitriles is 1. The van der Waals surface area contributed by atoms with Gasteiger partial charge in [-0.05, 0) is 123 Å². The Balaban J connectivity index is 0.000000118. The van der Waals surface area contributed by atoms with E-state index in [9.17, 15) is 28.8 Å². The quantitative estimate of drug-likeness (QED) is 0.0395. The number of para-hydroxylation sites is 4. The molecule has 7 aromatic carbocycles. The Morgan fingerprint density at radius 1 is 0.470 bits per heavy atom. The lowest BCUT2D eigenvalue weighted by atomic mass is 9.95. The van der Waals surface area contributed by atoms with Crippen molar-refractivity contribution in [1.82, 2.24) is 87.7 Å². The molecule has 18 aromatic rings. The number of aryl methyl sites for hydroxylation is 7. The number of H-pyrrole nitrogens is 1. The van der Waals surface area contributed by atoms with Gasteiger partial charge in [0, 0.05) is 224 Å². The molecule has 0 saturated carbocycles. The first-order chi connectivity index (χ1) is 64.2. The summed E-state index contributed by atoms with van der Waals surface area (Å²) in [5.74, 6) is 1.23. The largest absolute Gasteiger partial charge is 0.496 e. The van der Waals surface area contributed by atoms with Gasteiger partial charge in [0.25, 0.3) is 0 Å². The monoisotopic (exact) mass is 1830 g/mol. The number of rotatable bonds is 23. The number of hydrogen-bond acceptors (Lipinski definition) is 20. The van der Waals surface area contributed by atoms with E-state index in [0.717, 1.165) is 108 Å². The van der Waals surface area contributed by atoms with E-state index in [1.165, 1.54) is 6.20 Å². The molecule has 0 unspecified atom stereocenters. The van der Waals surface area contributed by atoms with Gasteiger partial charge >= 0.3 is 0 Å². The third-order valence-corrected chi connectivity index (χ3v) is 24.0. The van der Waals surface area contributed by atoms with Gasteiger partial charge in [-0.15, -0.1) is 5.10 Å². The summed E-state index contributed by atoms with van der Waals surface area (Å²) in [6.45, 7) is 5.88. The number of carbonyl (C=O) groups excluding carboxylic acids is 6. The van der Waals surface area contributed by atoms with Crippen LogP contribution in [-0.2, 0) is 69.0 Å². The second kappa shape index (κ2) is 37.9. The molecule has 0 bridgehead atoms. The molecule has 132 heavy (non-hydrogen) atoms. The number of imidazole rings is 2. The van der Waals surface area contributed by atoms with Crippen molar-refractivity contribution in [2.45, 2.75) is 65.2 Å². The second-order valence-electron chi connectivity index (χ2n) is 31.5. The fourth-order valence-corrected chi connectivity index (χ4v) is 17.9. The van der Waals surface area contributed by atoms with Gasteiger partial charge in [0.2, 0.25) is 5.95 Å². The number of anilines is 2. The summed E-state index contributed by atoms with van der Waals surface area (Å²) in [5.41, 5.74) is 15.5. The van der Waals surface area contributed by atoms with Gasteiger partial charge in [-0.2, -0.15) is 15.5 Å². The molecule has 28 nitrogen and oxygen atoms in total. The number of ether oxygens (including phenoxy) is 1. The molecule has 0 radical (unpaired) electrons. The van der Waals surface area contributed by atoms with E-state index < -0.39 is 0 Å². The van der Waals surface area contributed by atoms with Crippen LogP contribution in [0.2, 0.25) is 20.1 Å². The first kappa shape index (κ1) is 87.0. The Labute approximate surface area is 774 Å². The number of aromatic amines is 1. The van der Waals surface area contributed by atoms with Gasteiger partial charge < -0.3 is 38.6 Å². The molecule has 32 heteroatoms. The lowest BCUT2D eigenvalue weighted by Gasteiger charge is -2.12. The minimum Gasteiger partial charge on any atom is -0.496 e. The maximum atomic E-state index is 13.2. The molecule has 654 valence electrons. The highest BCUT2D eigenvalue weighted by atomic mass is 35.5. The van der Waals surface area contributed by atoms with Crippen molar-refractivity contribution in [3.05, 3.63) is 322 Å². The first-order valence-corrected chi connectivity index (χ1v) is 43.7. The molecule has 0 aliphatic heterocycles. The number of nitrogens with one attached hydrogen (secondary N) is 3. The lowest BCUT2D eigenvalue weighted by molar-refractivity contribution is -0.121. The predicted molar refractivity (Wildman–Crippen MR) is 511 cm³/mol. The van der Waals surface area contributed by atoms with Crippen molar-refractivity contribution < 1.29 is 33.5 Å². The van der Waals surface area contributed by atoms with Crippen LogP contribution in [0.1, 0.15) is 77.0 Å². The van der Waals surface area contributed by atoms with Crippen molar-refractivity contribution in [2.24, 2.45) is 14.1 Å². The Bertz CT molecular complexity index is 7490. The van der Waals surface area contributed by atoms with Crippen molar-refractivity contribution >= 4 is 181 Å². The van der Waals surface area contributed by atoms with Gasteiger partial charge in [-0.1, -0.05) is 124 Å². The number of aromatic nitrogens is 18. The smallest absolute Gasteiger partial charge is 0.223 e. The van der Waals surface area contributed by atoms with Gasteiger partial charge in [0.05, 0.1) is 100 Å². The van der Waals surface area contributed by atoms with Crippen LogP contribution in [-0.4, -0.2) is 143 Å². The third-order valence-electron chi connectivity index (χ3n) is 23.0. The molecule has 11 aromatic heterocycles. The van der Waals surface area contributed by atoms with Crippen LogP contribution in [0, 0.1) is 18.3 Å². The minimum atomic E-state index is -0.206. The van der Waals surface area contributed by atoms with Crippen LogP contribution in [0.3, 0.4) is 0 Å². The molecule has 3 aliphatic rings. The lowest BCUT2D eigenvalue weighted by Crippen LogP contribution is -2.16. The molecular formula is C100H79Cl4N21O7. The Kier molecular flexibility index (Phi) is 25.0. The molecule has 0 fully saturated rings. The molecule has 21 rings (SSSR count). The number of carbonyl (C=O) groups is 6. The standard InChI is InChI=1S/C27H22ClN5O2.C26H21ClN6O2.C25H18N2O3.C22H18Cl2N8/c1-31-15-20(19-13-17(28)7-8-21(19)31)25-23(34)14-24(35)26(25)27-18-5-2-3-6-22(18)33(30-27)11-4-10-32-12-9-29-16-32;1-31-15-19(18-13-16(27)7-8-20(18)31)24-22(34)14-23(35)25(24)26-17-5-2-3-6-21(17)33(29-26)11-4-10-32-12-9-28-30-32;1-30-23-11-5-3-9-18(23)24-21(28)13-22(29)25(24)19-15-27(16-7-6-12-26-14-16)20-10-4-2-8-17(19)20;1-13-10-29-21(31-13)17-12-30-22(32-20(17)16-4-3-15(23)8-18(16)24)27-7-6-26-19-5-2-14(9-25)11-28-19/h2-3,5-9,12-13,15-16H,4,10-11,14H2,1H3;2-3,5-9,12-13,15H,4,10-11,14H2,1H3;2-12,14-15H,13H2,1H3;2-5,8,10-12H,6-7H2,1H3,(H,26,28)(H,29,31)(H,27,30,32). The molecule has 11 heterocycles. The molecule has 0 amide bonds. The van der Waals surface area contributed by atoms with Gasteiger partial charge in [0.15, 0.2) is 34.7 Å². The highest BCUT2D eigenvalue weighted by Crippen LogP contribution is 2.46. The maximum Gasteiger partial charge on any atom is 0.223 e. The van der Waals surface area contributed by atoms with Crippen LogP contribution in [0.15, 0.2) is 257 Å². The number of benzene rings is 7. The third kappa shape index (κ3) is 17.7. The summed E-state index contributed by atoms with van der Waals surface area (Å²) in [4.78, 5) is 108. The van der Waals surface area contributed by atoms with E-state index in [4.69, 9.17) is 71.6 Å². The Morgan fingerprint density at radius 2 is 1.04 bits per heavy atom. The van der Waals surface area contributed by atoms with E-state index in [-0.39, 0.29) is 54.0 Å². The summed E-state index contributed by atoms with van der Waals surface area (Å²) in [6, 6.07) is 56.6. The number of hydrogen-bond donors (Lipinski definition) is 3. The molecule has 3 aliphatic carbocycles. The van der Waals surface area contributed by atoms with Gasteiger partial charge in [-0.25, -0.2) is 24.9 Å². The summed E-state index contributed by atoms with van der Waals surface area (Å²) in [6.07, 6.45) is 24.4. The van der Waals surface area contributed by atoms with Crippen LogP contribution >= 0.6 is 46.4 Å². The number of methoxy groups -OCH3 is 1. The number of Topliss-reactive ketones (excluding diaryl/α,β-unsaturated/α-hetero) is 6. The summed E-state index contributed by atoms with van der Waals surface area (Å²) < 4.78 is 19.0. The fourth-order valence-electron chi connectivity index (χ4n) is 17.0. The number of nitrogens with zero attached hydrogens (tertiary/aromatic N) is 18. The molecule has 0 saturated heterocycles. The zero-order valence-electron chi connectivity index (χ0n) is 71.4.